The predicted octanol–water partition coefficient (Wildman–Crippen LogP) is 2.02. The van der Waals surface area contributed by atoms with Gasteiger partial charge in [0.05, 0.1) is 25.6 Å². The summed E-state index contributed by atoms with van der Waals surface area (Å²) in [5, 5.41) is 0.505. The Kier molecular flexibility index (Phi) is 6.31. The highest BCUT2D eigenvalue weighted by Gasteiger charge is 2.18. The number of carbonyl (C=O) groups is 1. The van der Waals surface area contributed by atoms with E-state index in [1.807, 2.05) is 20.2 Å². The molecule has 110 valence electrons. The topological polar surface area (TPSA) is 51.1 Å². The number of rotatable bonds is 6. The largest absolute Gasteiger partial charge is 0.495 e. The number of methoxy groups -OCH3 is 2. The van der Waals surface area contributed by atoms with E-state index in [1.54, 1.807) is 30.5 Å². The van der Waals surface area contributed by atoms with Crippen LogP contribution in [0.25, 0.3) is 0 Å². The molecule has 5 nitrogen and oxygen atoms in total. The molecule has 0 saturated heterocycles. The van der Waals surface area contributed by atoms with Crippen molar-refractivity contribution >= 4 is 23.9 Å². The van der Waals surface area contributed by atoms with Crippen molar-refractivity contribution in [2.45, 2.75) is 12.5 Å². The highest BCUT2D eigenvalue weighted by Crippen LogP contribution is 2.25. The first-order valence-corrected chi connectivity index (χ1v) is 6.45. The van der Waals surface area contributed by atoms with Gasteiger partial charge >= 0.3 is 5.97 Å². The van der Waals surface area contributed by atoms with E-state index in [0.29, 0.717) is 17.2 Å². The number of carbonyl (C=O) groups excluding carboxylic acids is 1. The van der Waals surface area contributed by atoms with Crippen LogP contribution in [0.5, 0.6) is 5.75 Å². The fourth-order valence-corrected chi connectivity index (χ4v) is 1.89. The van der Waals surface area contributed by atoms with Crippen LogP contribution in [0.4, 0.5) is 0 Å². The summed E-state index contributed by atoms with van der Waals surface area (Å²) in [6.45, 7) is 0. The smallest absolute Gasteiger partial charge is 0.330 e. The molecule has 1 aromatic rings. The van der Waals surface area contributed by atoms with Gasteiger partial charge in [0.25, 0.3) is 0 Å². The van der Waals surface area contributed by atoms with Crippen molar-refractivity contribution in [3.05, 3.63) is 28.8 Å². The van der Waals surface area contributed by atoms with Crippen LogP contribution in [-0.2, 0) is 16.0 Å². The van der Waals surface area contributed by atoms with Crippen LogP contribution in [0.3, 0.4) is 0 Å². The lowest BCUT2D eigenvalue weighted by molar-refractivity contribution is -0.142. The van der Waals surface area contributed by atoms with Crippen molar-refractivity contribution in [3.63, 3.8) is 0 Å². The van der Waals surface area contributed by atoms with Crippen LogP contribution in [-0.4, -0.2) is 51.6 Å². The van der Waals surface area contributed by atoms with Gasteiger partial charge < -0.3 is 14.4 Å². The number of hydrogen-bond donors (Lipinski definition) is 0. The third-order valence-electron chi connectivity index (χ3n) is 2.60. The zero-order valence-electron chi connectivity index (χ0n) is 12.1. The summed E-state index contributed by atoms with van der Waals surface area (Å²) in [7, 11) is 6.57. The maximum absolute atomic E-state index is 11.7. The van der Waals surface area contributed by atoms with Gasteiger partial charge in [0, 0.05) is 20.5 Å². The van der Waals surface area contributed by atoms with E-state index in [1.165, 1.54) is 7.11 Å². The third-order valence-corrected chi connectivity index (χ3v) is 2.89. The number of esters is 1. The molecule has 1 atom stereocenters. The van der Waals surface area contributed by atoms with Gasteiger partial charge in [0.2, 0.25) is 0 Å². The molecule has 1 unspecified atom stereocenters. The Labute approximate surface area is 124 Å². The first kappa shape index (κ1) is 16.3. The van der Waals surface area contributed by atoms with Gasteiger partial charge in [-0.15, -0.1) is 0 Å². The van der Waals surface area contributed by atoms with E-state index in [2.05, 4.69) is 4.99 Å². The second-order valence-corrected chi connectivity index (χ2v) is 4.85. The van der Waals surface area contributed by atoms with Crippen molar-refractivity contribution in [2.75, 3.05) is 28.3 Å². The lowest BCUT2D eigenvalue weighted by atomic mass is 10.1. The quantitative estimate of drug-likeness (QED) is 0.458. The maximum atomic E-state index is 11.7. The molecule has 6 heteroatoms. The highest BCUT2D eigenvalue weighted by atomic mass is 35.5. The summed E-state index contributed by atoms with van der Waals surface area (Å²) in [5.41, 5.74) is 0.891. The molecule has 0 heterocycles. The summed E-state index contributed by atoms with van der Waals surface area (Å²) in [5.74, 6) is 0.219. The molecule has 0 radical (unpaired) electrons. The number of nitrogens with zero attached hydrogens (tertiary/aromatic N) is 2. The number of benzene rings is 1. The second kappa shape index (κ2) is 7.75. The van der Waals surface area contributed by atoms with Crippen molar-refractivity contribution < 1.29 is 14.3 Å². The Bertz CT molecular complexity index is 489. The molecule has 0 aliphatic heterocycles. The Morgan fingerprint density at radius 1 is 1.45 bits per heavy atom. The van der Waals surface area contributed by atoms with Gasteiger partial charge in [-0.1, -0.05) is 17.7 Å². The van der Waals surface area contributed by atoms with Gasteiger partial charge in [-0.25, -0.2) is 4.79 Å². The zero-order valence-corrected chi connectivity index (χ0v) is 12.8. The van der Waals surface area contributed by atoms with Crippen molar-refractivity contribution in [3.8, 4) is 5.75 Å². The van der Waals surface area contributed by atoms with E-state index in [4.69, 9.17) is 21.1 Å². The number of aliphatic imine (C=N–C) groups is 1. The number of ether oxygens (including phenoxy) is 2. The molecule has 0 aliphatic carbocycles. The normalized spacial score (nSPS) is 12.2. The summed E-state index contributed by atoms with van der Waals surface area (Å²) < 4.78 is 9.86. The average molecular weight is 299 g/mol. The van der Waals surface area contributed by atoms with Crippen LogP contribution in [0.1, 0.15) is 5.56 Å². The molecule has 0 aliphatic rings. The van der Waals surface area contributed by atoms with Crippen LogP contribution in [0.15, 0.2) is 23.2 Å². The van der Waals surface area contributed by atoms with Gasteiger partial charge in [-0.2, -0.15) is 0 Å². The third kappa shape index (κ3) is 4.74. The van der Waals surface area contributed by atoms with E-state index in [0.717, 1.165) is 5.56 Å². The van der Waals surface area contributed by atoms with E-state index in [-0.39, 0.29) is 5.97 Å². The van der Waals surface area contributed by atoms with Gasteiger partial charge in [0.1, 0.15) is 5.75 Å². The maximum Gasteiger partial charge on any atom is 0.330 e. The highest BCUT2D eigenvalue weighted by molar-refractivity contribution is 6.32. The first-order valence-electron chi connectivity index (χ1n) is 6.08. The van der Waals surface area contributed by atoms with Crippen LogP contribution < -0.4 is 4.74 Å². The molecule has 0 fully saturated rings. The molecule has 0 spiro atoms. The van der Waals surface area contributed by atoms with E-state index < -0.39 is 6.04 Å². The molecule has 20 heavy (non-hydrogen) atoms. The SMILES string of the molecule is COC(=O)C(Cc1ccc(OC)c(Cl)c1)N=CN(C)C. The van der Waals surface area contributed by atoms with Gasteiger partial charge in [-0.3, -0.25) is 4.99 Å². The minimum absolute atomic E-state index is 0.380. The van der Waals surface area contributed by atoms with Crippen molar-refractivity contribution in [1.29, 1.82) is 0 Å². The van der Waals surface area contributed by atoms with Crippen molar-refractivity contribution in [1.82, 2.24) is 4.90 Å². The average Bonchev–Trinajstić information content (AvgIpc) is 2.42. The zero-order chi connectivity index (χ0) is 15.1. The first-order chi connectivity index (χ1) is 9.47. The van der Waals surface area contributed by atoms with Crippen LogP contribution in [0, 0.1) is 0 Å². The fourth-order valence-electron chi connectivity index (χ4n) is 1.61. The molecule has 0 saturated carbocycles. The Morgan fingerprint density at radius 2 is 2.15 bits per heavy atom. The molecule has 0 N–H and O–H groups in total. The molecule has 0 aromatic heterocycles. The van der Waals surface area contributed by atoms with E-state index in [9.17, 15) is 4.79 Å². The predicted molar refractivity (Wildman–Crippen MR) is 79.7 cm³/mol. The summed E-state index contributed by atoms with van der Waals surface area (Å²) >= 11 is 6.07. The Hall–Kier alpha value is -1.75. The minimum atomic E-state index is -0.591. The molecular weight excluding hydrogens is 280 g/mol. The lowest BCUT2D eigenvalue weighted by Gasteiger charge is -2.12. The molecule has 1 aromatic carbocycles. The van der Waals surface area contributed by atoms with Gasteiger partial charge in [0.15, 0.2) is 6.04 Å². The van der Waals surface area contributed by atoms with Crippen LogP contribution >= 0.6 is 11.6 Å². The standard InChI is InChI=1S/C14H19ClN2O3/c1-17(2)9-16-12(14(18)20-4)8-10-5-6-13(19-3)11(15)7-10/h5-7,9,12H,8H2,1-4H3. The molecule has 1 rings (SSSR count). The summed E-state index contributed by atoms with van der Waals surface area (Å²) in [6.07, 6.45) is 2.01. The van der Waals surface area contributed by atoms with E-state index >= 15 is 0 Å². The Morgan fingerprint density at radius 3 is 2.65 bits per heavy atom. The summed E-state index contributed by atoms with van der Waals surface area (Å²) in [4.78, 5) is 17.7. The van der Waals surface area contributed by atoms with Crippen LogP contribution in [0.2, 0.25) is 5.02 Å². The molecule has 0 bridgehead atoms. The molecular formula is C14H19ClN2O3. The minimum Gasteiger partial charge on any atom is -0.495 e. The molecule has 0 amide bonds. The summed E-state index contributed by atoms with van der Waals surface area (Å²) in [6, 6.07) is 4.79. The monoisotopic (exact) mass is 298 g/mol. The number of halogens is 1. The van der Waals surface area contributed by atoms with Crippen molar-refractivity contribution in [2.24, 2.45) is 4.99 Å². The lowest BCUT2D eigenvalue weighted by Crippen LogP contribution is -2.24. The van der Waals surface area contributed by atoms with Gasteiger partial charge in [-0.05, 0) is 17.7 Å². The fraction of sp³-hybridized carbons (Fsp3) is 0.429. The second-order valence-electron chi connectivity index (χ2n) is 4.44. The number of hydrogen-bond acceptors (Lipinski definition) is 4. The Balaban J connectivity index is 2.89.